The monoisotopic (exact) mass is 231 g/mol. The summed E-state index contributed by atoms with van der Waals surface area (Å²) in [5.74, 6) is -1.13. The van der Waals surface area contributed by atoms with E-state index in [0.29, 0.717) is 5.56 Å². The molecule has 0 atom stereocenters. The van der Waals surface area contributed by atoms with E-state index in [4.69, 9.17) is 28.3 Å². The summed E-state index contributed by atoms with van der Waals surface area (Å²) >= 11 is 5.85. The van der Waals surface area contributed by atoms with Gasteiger partial charge in [0, 0.05) is 0 Å². The second-order valence-corrected chi connectivity index (χ2v) is 3.07. The van der Waals surface area contributed by atoms with Crippen LogP contribution in [0.3, 0.4) is 0 Å². The van der Waals surface area contributed by atoms with Gasteiger partial charge in [0.05, 0.1) is 18.3 Å². The van der Waals surface area contributed by atoms with Crippen molar-refractivity contribution in [1.82, 2.24) is 0 Å². The van der Waals surface area contributed by atoms with Crippen LogP contribution in [0.25, 0.3) is 0 Å². The first-order chi connectivity index (χ1) is 9.13. The number of rotatable bonds is 5. The topological polar surface area (TPSA) is 46.5 Å². The summed E-state index contributed by atoms with van der Waals surface area (Å²) in [5.41, 5.74) is 0.415. The second-order valence-electron chi connectivity index (χ2n) is 2.66. The van der Waals surface area contributed by atoms with Crippen molar-refractivity contribution < 1.29 is 21.5 Å². The summed E-state index contributed by atoms with van der Waals surface area (Å²) in [6.07, 6.45) is -0.236. The van der Waals surface area contributed by atoms with E-state index in [1.165, 1.54) is 18.2 Å². The highest BCUT2D eigenvalue weighted by atomic mass is 35.5. The van der Waals surface area contributed by atoms with Crippen LogP contribution >= 0.6 is 11.6 Å². The van der Waals surface area contributed by atoms with Crippen LogP contribution in [0.2, 0.25) is 5.02 Å². The van der Waals surface area contributed by atoms with Gasteiger partial charge >= 0.3 is 5.97 Å². The number of ether oxygens (including phenoxy) is 1. The zero-order valence-electron chi connectivity index (χ0n) is 12.6. The number of carboxylic acid groups (broad SMARTS) is 1. The molecular formula is C11H11ClO3. The number of halogens is 1. The van der Waals surface area contributed by atoms with Crippen LogP contribution in [0, 0.1) is 0 Å². The maximum Gasteiger partial charge on any atom is 0.307 e. The van der Waals surface area contributed by atoms with E-state index in [1.807, 2.05) is 0 Å². The van der Waals surface area contributed by atoms with Crippen molar-refractivity contribution >= 4 is 17.6 Å². The van der Waals surface area contributed by atoms with Gasteiger partial charge in [-0.15, -0.1) is 0 Å². The van der Waals surface area contributed by atoms with Crippen molar-refractivity contribution in [1.29, 1.82) is 0 Å². The molecule has 1 N–H and O–H groups in total. The molecule has 15 heavy (non-hydrogen) atoms. The average Bonchev–Trinajstić information content (AvgIpc) is 2.30. The summed E-state index contributed by atoms with van der Waals surface area (Å²) in [6, 6.07) is 3.06. The Labute approximate surface area is 100.0 Å². The molecule has 0 aliphatic heterocycles. The average molecular weight is 232 g/mol. The quantitative estimate of drug-likeness (QED) is 0.793. The summed E-state index contributed by atoms with van der Waals surface area (Å²) in [5, 5.41) is 8.62. The lowest BCUT2D eigenvalue weighted by Gasteiger charge is -2.06. The van der Waals surface area contributed by atoms with E-state index >= 15 is 0 Å². The number of hydrogen-bond donors (Lipinski definition) is 1. The van der Waals surface area contributed by atoms with Crippen molar-refractivity contribution in [2.24, 2.45) is 0 Å². The maximum atomic E-state index is 10.6. The Kier molecular flexibility index (Phi) is 2.23. The highest BCUT2D eigenvalue weighted by molar-refractivity contribution is 6.32. The summed E-state index contributed by atoms with van der Waals surface area (Å²) in [4.78, 5) is 10.6. The molecule has 0 aliphatic carbocycles. The molecule has 0 fully saturated rings. The predicted octanol–water partition coefficient (Wildman–Crippen LogP) is 2.53. The first-order valence-corrected chi connectivity index (χ1v) is 4.35. The Balaban J connectivity index is 2.99. The van der Waals surface area contributed by atoms with Gasteiger partial charge in [-0.05, 0) is 17.7 Å². The number of benzene rings is 1. The Morgan fingerprint density at radius 2 is 2.67 bits per heavy atom. The third-order valence-electron chi connectivity index (χ3n) is 1.56. The van der Waals surface area contributed by atoms with Gasteiger partial charge in [0.1, 0.15) is 12.3 Å². The molecule has 1 aromatic carbocycles. The number of carbonyl (C=O) groups is 1. The lowest BCUT2D eigenvalue weighted by molar-refractivity contribution is -0.136. The maximum absolute atomic E-state index is 10.6. The molecule has 0 unspecified atom stereocenters. The third kappa shape index (κ3) is 3.64. The van der Waals surface area contributed by atoms with Gasteiger partial charge in [-0.3, -0.25) is 4.79 Å². The molecule has 0 saturated carbocycles. The van der Waals surface area contributed by atoms with Gasteiger partial charge < -0.3 is 9.84 Å². The van der Waals surface area contributed by atoms with E-state index in [2.05, 4.69) is 0 Å². The van der Waals surface area contributed by atoms with Crippen molar-refractivity contribution in [2.45, 2.75) is 6.42 Å². The molecule has 0 spiro atoms. The van der Waals surface area contributed by atoms with Crippen molar-refractivity contribution in [3.05, 3.63) is 41.4 Å². The highest BCUT2D eigenvalue weighted by Gasteiger charge is 2.05. The summed E-state index contributed by atoms with van der Waals surface area (Å²) < 4.78 is 40.9. The number of hydrogen-bond acceptors (Lipinski definition) is 2. The van der Waals surface area contributed by atoms with Crippen LogP contribution in [0.4, 0.5) is 0 Å². The molecule has 0 aromatic heterocycles. The zero-order chi connectivity index (χ0) is 15.5. The SMILES string of the molecule is [2H]C([2H])=C([2H])C([2H])([2H])Oc1ccc(CC(=O)O)cc1Cl. The fraction of sp³-hybridized carbons (Fsp3) is 0.182. The molecule has 0 saturated heterocycles. The lowest BCUT2D eigenvalue weighted by Crippen LogP contribution is -2.00. The molecule has 1 aromatic rings. The summed E-state index contributed by atoms with van der Waals surface area (Å²) in [6.45, 7) is -3.68. The fourth-order valence-corrected chi connectivity index (χ4v) is 1.23. The van der Waals surface area contributed by atoms with Gasteiger partial charge in [0.15, 0.2) is 0 Å². The van der Waals surface area contributed by atoms with Gasteiger partial charge in [0.2, 0.25) is 0 Å². The second kappa shape index (κ2) is 5.41. The summed E-state index contributed by atoms with van der Waals surface area (Å²) in [7, 11) is 0. The van der Waals surface area contributed by atoms with E-state index in [9.17, 15) is 4.79 Å². The molecular weight excluding hydrogens is 216 g/mol. The number of carboxylic acids is 1. The highest BCUT2D eigenvalue weighted by Crippen LogP contribution is 2.25. The molecule has 0 heterocycles. The van der Waals surface area contributed by atoms with Gasteiger partial charge in [0.25, 0.3) is 0 Å². The number of aliphatic carboxylic acids is 1. The van der Waals surface area contributed by atoms with E-state index in [1.54, 1.807) is 0 Å². The molecule has 3 nitrogen and oxygen atoms in total. The molecule has 1 rings (SSSR count). The minimum Gasteiger partial charge on any atom is -0.488 e. The fourth-order valence-electron chi connectivity index (χ4n) is 0.992. The Morgan fingerprint density at radius 3 is 3.27 bits per heavy atom. The van der Waals surface area contributed by atoms with Crippen molar-refractivity contribution in [3.63, 3.8) is 0 Å². The lowest BCUT2D eigenvalue weighted by atomic mass is 10.1. The predicted molar refractivity (Wildman–Crippen MR) is 58.5 cm³/mol. The molecule has 0 bridgehead atoms. The van der Waals surface area contributed by atoms with Crippen LogP contribution in [-0.4, -0.2) is 17.6 Å². The molecule has 0 amide bonds. The van der Waals surface area contributed by atoms with Crippen LogP contribution in [-0.2, 0) is 11.2 Å². The zero-order valence-corrected chi connectivity index (χ0v) is 8.34. The smallest absolute Gasteiger partial charge is 0.307 e. The van der Waals surface area contributed by atoms with Gasteiger partial charge in [-0.25, -0.2) is 0 Å². The first kappa shape index (κ1) is 6.18. The van der Waals surface area contributed by atoms with E-state index in [0.717, 1.165) is 0 Å². The molecule has 0 radical (unpaired) electrons. The first-order valence-electron chi connectivity index (χ1n) is 6.47. The van der Waals surface area contributed by atoms with Gasteiger partial charge in [-0.1, -0.05) is 30.3 Å². The van der Waals surface area contributed by atoms with Crippen molar-refractivity contribution in [2.75, 3.05) is 6.56 Å². The van der Waals surface area contributed by atoms with Crippen LogP contribution in [0.5, 0.6) is 5.75 Å². The van der Waals surface area contributed by atoms with Gasteiger partial charge in [-0.2, -0.15) is 0 Å². The third-order valence-corrected chi connectivity index (χ3v) is 1.86. The Hall–Kier alpha value is -1.48. The molecule has 4 heteroatoms. The van der Waals surface area contributed by atoms with Crippen LogP contribution in [0.1, 0.15) is 12.4 Å². The normalized spacial score (nSPS) is 15.1. The molecule has 0 aliphatic rings. The standard InChI is InChI=1S/C11H11ClO3/c1-2-5-15-10-4-3-8(6-9(10)12)7-11(13)14/h2-4,6H,1,5,7H2,(H,13,14)/i1D2,2D,5D2. The van der Waals surface area contributed by atoms with E-state index < -0.39 is 25.1 Å². The van der Waals surface area contributed by atoms with Crippen LogP contribution < -0.4 is 4.74 Å². The van der Waals surface area contributed by atoms with Crippen molar-refractivity contribution in [3.8, 4) is 5.75 Å². The van der Waals surface area contributed by atoms with E-state index in [-0.39, 0.29) is 17.2 Å². The van der Waals surface area contributed by atoms with Crippen LogP contribution in [0.15, 0.2) is 30.8 Å². The minimum absolute atomic E-state index is 0.0167. The Morgan fingerprint density at radius 1 is 1.87 bits per heavy atom. The minimum atomic E-state index is -2.67. The largest absolute Gasteiger partial charge is 0.488 e. The Bertz CT molecular complexity index is 555. The molecule has 80 valence electrons.